The third-order valence-electron chi connectivity index (χ3n) is 4.69. The van der Waals surface area contributed by atoms with Crippen LogP contribution in [0.25, 0.3) is 0 Å². The lowest BCUT2D eigenvalue weighted by Gasteiger charge is -2.22. The molecule has 2 rings (SSSR count). The van der Waals surface area contributed by atoms with E-state index in [1.54, 1.807) is 13.8 Å². The van der Waals surface area contributed by atoms with E-state index < -0.39 is 10.7 Å². The van der Waals surface area contributed by atoms with E-state index >= 15 is 0 Å². The van der Waals surface area contributed by atoms with Crippen molar-refractivity contribution in [1.82, 2.24) is 15.0 Å². The average Bonchev–Trinajstić information content (AvgIpc) is 3.14. The molecule has 0 aliphatic rings. The fourth-order valence-corrected chi connectivity index (χ4v) is 4.92. The number of thiazole rings is 1. The van der Waals surface area contributed by atoms with Gasteiger partial charge in [-0.25, -0.2) is 15.0 Å². The van der Waals surface area contributed by atoms with Crippen molar-refractivity contribution in [3.63, 3.8) is 0 Å². The summed E-state index contributed by atoms with van der Waals surface area (Å²) in [6.45, 7) is 9.46. The van der Waals surface area contributed by atoms with Crippen molar-refractivity contribution in [2.75, 3.05) is 18.0 Å². The molecular weight excluding hydrogens is 404 g/mol. The van der Waals surface area contributed by atoms with Crippen molar-refractivity contribution in [2.24, 2.45) is 0 Å². The molecule has 0 aliphatic heterocycles. The van der Waals surface area contributed by atoms with Crippen molar-refractivity contribution in [1.29, 1.82) is 0 Å². The second kappa shape index (κ2) is 11.5. The van der Waals surface area contributed by atoms with Gasteiger partial charge in [0.05, 0.1) is 5.69 Å². The number of unbranched alkanes of at least 4 members (excludes halogenated alkanes) is 3. The quantitative estimate of drug-likeness (QED) is 0.346. The van der Waals surface area contributed by atoms with Gasteiger partial charge in [-0.15, -0.1) is 11.3 Å². The maximum absolute atomic E-state index is 11.3. The lowest BCUT2D eigenvalue weighted by atomic mass is 10.2. The van der Waals surface area contributed by atoms with E-state index in [1.165, 1.54) is 42.4 Å². The number of carboxylic acid groups (broad SMARTS) is 1. The van der Waals surface area contributed by atoms with E-state index in [0.717, 1.165) is 53.9 Å². The fraction of sp³-hybridized carbons (Fsp3) is 0.619. The molecule has 2 aromatic rings. The summed E-state index contributed by atoms with van der Waals surface area (Å²) in [5.74, 6) is -0.0549. The number of rotatable bonds is 13. The van der Waals surface area contributed by atoms with Crippen molar-refractivity contribution in [3.8, 4) is 0 Å². The van der Waals surface area contributed by atoms with Gasteiger partial charge in [0.2, 0.25) is 5.95 Å². The topological polar surface area (TPSA) is 79.2 Å². The number of aromatic nitrogens is 3. The Hall–Kier alpha value is -1.67. The number of aliphatic carboxylic acids is 1. The Morgan fingerprint density at radius 2 is 1.90 bits per heavy atom. The molecule has 6 nitrogen and oxygen atoms in total. The van der Waals surface area contributed by atoms with Gasteiger partial charge in [-0.3, -0.25) is 4.79 Å². The standard InChI is InChI=1S/C21H32N4O2S2/c1-5-7-8-9-11-25(19-22-13-16(6-2)14-23-19)12-10-17-15-28-20(24-17)29-21(3,4)18(26)27/h13-15H,5-12H2,1-4H3,(H,26,27). The summed E-state index contributed by atoms with van der Waals surface area (Å²) in [4.78, 5) is 27.3. The molecule has 0 saturated carbocycles. The van der Waals surface area contributed by atoms with Gasteiger partial charge < -0.3 is 10.0 Å². The largest absolute Gasteiger partial charge is 0.480 e. The Kier molecular flexibility index (Phi) is 9.36. The minimum absolute atomic E-state index is 0.774. The maximum atomic E-state index is 11.3. The van der Waals surface area contributed by atoms with E-state index in [9.17, 15) is 9.90 Å². The van der Waals surface area contributed by atoms with E-state index in [2.05, 4.69) is 33.7 Å². The van der Waals surface area contributed by atoms with E-state index in [1.807, 2.05) is 17.8 Å². The van der Waals surface area contributed by atoms with Gasteiger partial charge in [0.1, 0.15) is 4.75 Å². The zero-order valence-corrected chi connectivity index (χ0v) is 19.5. The molecule has 8 heteroatoms. The lowest BCUT2D eigenvalue weighted by molar-refractivity contribution is -0.138. The third-order valence-corrected chi connectivity index (χ3v) is 6.86. The number of anilines is 1. The molecule has 0 aliphatic carbocycles. The second-order valence-corrected chi connectivity index (χ2v) is 10.3. The van der Waals surface area contributed by atoms with Gasteiger partial charge in [0, 0.05) is 37.3 Å². The van der Waals surface area contributed by atoms with Crippen LogP contribution in [-0.4, -0.2) is 43.9 Å². The average molecular weight is 437 g/mol. The molecule has 0 amide bonds. The summed E-state index contributed by atoms with van der Waals surface area (Å²) in [6, 6.07) is 0. The van der Waals surface area contributed by atoms with E-state index in [4.69, 9.17) is 0 Å². The molecule has 0 fully saturated rings. The predicted molar refractivity (Wildman–Crippen MR) is 121 cm³/mol. The van der Waals surface area contributed by atoms with E-state index in [0.29, 0.717) is 0 Å². The van der Waals surface area contributed by atoms with Crippen LogP contribution >= 0.6 is 23.1 Å². The summed E-state index contributed by atoms with van der Waals surface area (Å²) in [5, 5.41) is 11.3. The molecule has 1 N–H and O–H groups in total. The van der Waals surface area contributed by atoms with Crippen molar-refractivity contribution >= 4 is 35.0 Å². The van der Waals surface area contributed by atoms with Crippen molar-refractivity contribution < 1.29 is 9.90 Å². The zero-order valence-electron chi connectivity index (χ0n) is 17.8. The van der Waals surface area contributed by atoms with Crippen LogP contribution in [0.2, 0.25) is 0 Å². The van der Waals surface area contributed by atoms with Gasteiger partial charge in [0.15, 0.2) is 4.34 Å². The molecule has 0 bridgehead atoms. The predicted octanol–water partition coefficient (Wildman–Crippen LogP) is 5.08. The molecule has 0 aromatic carbocycles. The number of nitrogens with zero attached hydrogens (tertiary/aromatic N) is 4. The molecule has 0 unspecified atom stereocenters. The lowest BCUT2D eigenvalue weighted by Crippen LogP contribution is -2.29. The molecule has 29 heavy (non-hydrogen) atoms. The number of hydrogen-bond donors (Lipinski definition) is 1. The maximum Gasteiger partial charge on any atom is 0.319 e. The van der Waals surface area contributed by atoms with Crippen LogP contribution in [0, 0.1) is 0 Å². The first kappa shape index (κ1) is 23.6. The van der Waals surface area contributed by atoms with Gasteiger partial charge in [-0.05, 0) is 32.3 Å². The van der Waals surface area contributed by atoms with Gasteiger partial charge in [-0.1, -0.05) is 44.9 Å². The molecule has 2 heterocycles. The SMILES string of the molecule is CCCCCCN(CCc1csc(SC(C)(C)C(=O)O)n1)c1ncc(CC)cn1. The van der Waals surface area contributed by atoms with Crippen LogP contribution < -0.4 is 4.90 Å². The summed E-state index contributed by atoms with van der Waals surface area (Å²) in [6.07, 6.45) is 10.3. The molecular formula is C21H32N4O2S2. The summed E-state index contributed by atoms with van der Waals surface area (Å²) >= 11 is 2.81. The minimum Gasteiger partial charge on any atom is -0.480 e. The normalized spacial score (nSPS) is 11.6. The zero-order chi connectivity index (χ0) is 21.3. The molecule has 0 spiro atoms. The first-order valence-corrected chi connectivity index (χ1v) is 12.0. The number of hydrogen-bond acceptors (Lipinski definition) is 7. The highest BCUT2D eigenvalue weighted by Crippen LogP contribution is 2.34. The molecule has 160 valence electrons. The number of carboxylic acids is 1. The Balaban J connectivity index is 2.00. The monoisotopic (exact) mass is 436 g/mol. The van der Waals surface area contributed by atoms with Gasteiger partial charge in [-0.2, -0.15) is 0 Å². The first-order valence-electron chi connectivity index (χ1n) is 10.3. The third kappa shape index (κ3) is 7.59. The summed E-state index contributed by atoms with van der Waals surface area (Å²) < 4.78 is -0.0830. The molecule has 0 atom stereocenters. The molecule has 0 radical (unpaired) electrons. The highest BCUT2D eigenvalue weighted by atomic mass is 32.2. The fourth-order valence-electron chi connectivity index (χ4n) is 2.70. The second-order valence-electron chi connectivity index (χ2n) is 7.56. The Bertz CT molecular complexity index is 762. The number of aryl methyl sites for hydroxylation is 1. The van der Waals surface area contributed by atoms with Crippen LogP contribution in [0.15, 0.2) is 22.1 Å². The van der Waals surface area contributed by atoms with E-state index in [-0.39, 0.29) is 0 Å². The number of carbonyl (C=O) groups is 1. The molecule has 2 aromatic heterocycles. The Morgan fingerprint density at radius 1 is 1.17 bits per heavy atom. The summed E-state index contributed by atoms with van der Waals surface area (Å²) in [7, 11) is 0. The van der Waals surface area contributed by atoms with Crippen LogP contribution in [0.3, 0.4) is 0 Å². The van der Waals surface area contributed by atoms with Crippen molar-refractivity contribution in [3.05, 3.63) is 29.0 Å². The Morgan fingerprint density at radius 3 is 2.52 bits per heavy atom. The number of thioether (sulfide) groups is 1. The van der Waals surface area contributed by atoms with Crippen LogP contribution in [0.4, 0.5) is 5.95 Å². The first-order chi connectivity index (χ1) is 13.9. The summed E-state index contributed by atoms with van der Waals surface area (Å²) in [5.41, 5.74) is 2.13. The highest BCUT2D eigenvalue weighted by molar-refractivity contribution is 8.02. The Labute approximate surface area is 182 Å². The van der Waals surface area contributed by atoms with Gasteiger partial charge >= 0.3 is 5.97 Å². The van der Waals surface area contributed by atoms with Gasteiger partial charge in [0.25, 0.3) is 0 Å². The van der Waals surface area contributed by atoms with Crippen LogP contribution in [0.5, 0.6) is 0 Å². The van der Waals surface area contributed by atoms with Crippen LogP contribution in [-0.2, 0) is 17.6 Å². The van der Waals surface area contributed by atoms with Crippen molar-refractivity contribution in [2.45, 2.75) is 75.3 Å². The minimum atomic E-state index is -0.880. The highest BCUT2D eigenvalue weighted by Gasteiger charge is 2.29. The molecule has 0 saturated heterocycles. The van der Waals surface area contributed by atoms with Crippen LogP contribution in [0.1, 0.15) is 64.6 Å². The smallest absolute Gasteiger partial charge is 0.319 e.